The first kappa shape index (κ1) is 16.9. The van der Waals surface area contributed by atoms with Crippen molar-refractivity contribution in [2.24, 2.45) is 5.92 Å². The summed E-state index contributed by atoms with van der Waals surface area (Å²) in [6.07, 6.45) is 3.69. The van der Waals surface area contributed by atoms with Gasteiger partial charge in [0.25, 0.3) is 0 Å². The standard InChI is InChI=1S/C18H19F3N2O/c19-18(20,21)15-8-6-13(7-9-15)17-22-10-14(11-23-17)16(24)12-4-2-1-3-5-12/h6-12,16,24H,1-5H2. The Morgan fingerprint density at radius 3 is 2.08 bits per heavy atom. The number of benzene rings is 1. The lowest BCUT2D eigenvalue weighted by atomic mass is 9.83. The first-order chi connectivity index (χ1) is 11.4. The number of aliphatic hydroxyl groups is 1. The number of hydrogen-bond acceptors (Lipinski definition) is 3. The summed E-state index contributed by atoms with van der Waals surface area (Å²) >= 11 is 0. The van der Waals surface area contributed by atoms with Gasteiger partial charge in [-0.1, -0.05) is 31.4 Å². The summed E-state index contributed by atoms with van der Waals surface area (Å²) in [5.74, 6) is 0.586. The van der Waals surface area contributed by atoms with Gasteiger partial charge in [0.2, 0.25) is 0 Å². The second-order valence-electron chi connectivity index (χ2n) is 6.26. The highest BCUT2D eigenvalue weighted by molar-refractivity contribution is 5.55. The lowest BCUT2D eigenvalue weighted by molar-refractivity contribution is -0.137. The summed E-state index contributed by atoms with van der Waals surface area (Å²) in [5, 5.41) is 10.4. The van der Waals surface area contributed by atoms with Crippen molar-refractivity contribution in [3.05, 3.63) is 47.8 Å². The number of hydrogen-bond donors (Lipinski definition) is 1. The lowest BCUT2D eigenvalue weighted by Gasteiger charge is -2.26. The minimum Gasteiger partial charge on any atom is -0.388 e. The van der Waals surface area contributed by atoms with Crippen LogP contribution in [0.5, 0.6) is 0 Å². The fraction of sp³-hybridized carbons (Fsp3) is 0.444. The van der Waals surface area contributed by atoms with Crippen molar-refractivity contribution in [1.82, 2.24) is 9.97 Å². The molecule has 2 aromatic rings. The third-order valence-corrected chi connectivity index (χ3v) is 4.58. The predicted molar refractivity (Wildman–Crippen MR) is 84.0 cm³/mol. The molecule has 1 aromatic carbocycles. The third kappa shape index (κ3) is 3.75. The largest absolute Gasteiger partial charge is 0.416 e. The molecule has 1 aromatic heterocycles. The molecule has 1 aliphatic rings. The van der Waals surface area contributed by atoms with Gasteiger partial charge < -0.3 is 5.11 Å². The molecule has 1 fully saturated rings. The van der Waals surface area contributed by atoms with Crippen LogP contribution in [0.25, 0.3) is 11.4 Å². The van der Waals surface area contributed by atoms with E-state index in [9.17, 15) is 18.3 Å². The van der Waals surface area contributed by atoms with E-state index in [0.29, 0.717) is 17.0 Å². The van der Waals surface area contributed by atoms with E-state index in [2.05, 4.69) is 9.97 Å². The maximum atomic E-state index is 12.6. The van der Waals surface area contributed by atoms with Gasteiger partial charge in [0.15, 0.2) is 5.82 Å². The van der Waals surface area contributed by atoms with Crippen molar-refractivity contribution in [1.29, 1.82) is 0 Å². The molecule has 0 radical (unpaired) electrons. The minimum absolute atomic E-state index is 0.235. The van der Waals surface area contributed by atoms with E-state index >= 15 is 0 Å². The van der Waals surface area contributed by atoms with Gasteiger partial charge in [0, 0.05) is 23.5 Å². The first-order valence-electron chi connectivity index (χ1n) is 8.13. The Labute approximate surface area is 138 Å². The summed E-state index contributed by atoms with van der Waals surface area (Å²) < 4.78 is 37.7. The topological polar surface area (TPSA) is 46.0 Å². The Hall–Kier alpha value is -1.95. The van der Waals surface area contributed by atoms with Crippen molar-refractivity contribution in [3.8, 4) is 11.4 Å². The summed E-state index contributed by atoms with van der Waals surface area (Å²) in [6, 6.07) is 4.75. The highest BCUT2D eigenvalue weighted by atomic mass is 19.4. The summed E-state index contributed by atoms with van der Waals surface area (Å²) in [4.78, 5) is 8.41. The molecule has 1 saturated carbocycles. The van der Waals surface area contributed by atoms with Crippen LogP contribution >= 0.6 is 0 Å². The van der Waals surface area contributed by atoms with Crippen LogP contribution in [0.15, 0.2) is 36.7 Å². The number of aromatic nitrogens is 2. The lowest BCUT2D eigenvalue weighted by Crippen LogP contribution is -2.16. The van der Waals surface area contributed by atoms with Gasteiger partial charge in [-0.05, 0) is 30.9 Å². The van der Waals surface area contributed by atoms with E-state index in [1.807, 2.05) is 0 Å². The van der Waals surface area contributed by atoms with Gasteiger partial charge in [-0.2, -0.15) is 13.2 Å². The average Bonchev–Trinajstić information content (AvgIpc) is 2.61. The number of halogens is 3. The zero-order valence-corrected chi connectivity index (χ0v) is 13.1. The number of alkyl halides is 3. The second-order valence-corrected chi connectivity index (χ2v) is 6.26. The molecule has 1 N–H and O–H groups in total. The second kappa shape index (κ2) is 6.89. The van der Waals surface area contributed by atoms with E-state index in [1.54, 1.807) is 12.4 Å². The molecule has 0 bridgehead atoms. The number of rotatable bonds is 3. The van der Waals surface area contributed by atoms with Crippen molar-refractivity contribution in [2.45, 2.75) is 44.4 Å². The molecule has 3 rings (SSSR count). The molecule has 24 heavy (non-hydrogen) atoms. The van der Waals surface area contributed by atoms with Crippen molar-refractivity contribution < 1.29 is 18.3 Å². The van der Waals surface area contributed by atoms with Crippen LogP contribution < -0.4 is 0 Å². The Balaban J connectivity index is 1.74. The smallest absolute Gasteiger partial charge is 0.388 e. The monoisotopic (exact) mass is 336 g/mol. The van der Waals surface area contributed by atoms with Crippen molar-refractivity contribution >= 4 is 0 Å². The molecule has 0 saturated heterocycles. The molecule has 1 unspecified atom stereocenters. The minimum atomic E-state index is -4.35. The average molecular weight is 336 g/mol. The van der Waals surface area contributed by atoms with E-state index in [1.165, 1.54) is 18.6 Å². The van der Waals surface area contributed by atoms with E-state index in [0.717, 1.165) is 37.8 Å². The fourth-order valence-electron chi connectivity index (χ4n) is 3.17. The molecule has 1 heterocycles. The Kier molecular flexibility index (Phi) is 4.85. The van der Waals surface area contributed by atoms with Gasteiger partial charge in [0.1, 0.15) is 0 Å². The number of aliphatic hydroxyl groups excluding tert-OH is 1. The number of nitrogens with zero attached hydrogens (tertiary/aromatic N) is 2. The van der Waals surface area contributed by atoms with Crippen LogP contribution in [0.1, 0.15) is 49.3 Å². The molecule has 6 heteroatoms. The maximum Gasteiger partial charge on any atom is 0.416 e. The Bertz CT molecular complexity index is 662. The van der Waals surface area contributed by atoms with Crippen molar-refractivity contribution in [2.75, 3.05) is 0 Å². The highest BCUT2D eigenvalue weighted by Gasteiger charge is 2.30. The molecule has 1 aliphatic carbocycles. The van der Waals surface area contributed by atoms with E-state index in [4.69, 9.17) is 0 Å². The molecule has 0 amide bonds. The molecule has 0 spiro atoms. The molecule has 0 aliphatic heterocycles. The van der Waals surface area contributed by atoms with Crippen LogP contribution in [0, 0.1) is 5.92 Å². The fourth-order valence-corrected chi connectivity index (χ4v) is 3.17. The molecule has 3 nitrogen and oxygen atoms in total. The summed E-state index contributed by atoms with van der Waals surface area (Å²) in [6.45, 7) is 0. The third-order valence-electron chi connectivity index (χ3n) is 4.58. The SMILES string of the molecule is OC(c1cnc(-c2ccc(C(F)(F)F)cc2)nc1)C1CCCCC1. The van der Waals surface area contributed by atoms with Crippen LogP contribution in [0.4, 0.5) is 13.2 Å². The van der Waals surface area contributed by atoms with Gasteiger partial charge in [0.05, 0.1) is 11.7 Å². The molecular formula is C18H19F3N2O. The van der Waals surface area contributed by atoms with Crippen molar-refractivity contribution in [3.63, 3.8) is 0 Å². The van der Waals surface area contributed by atoms with Crippen LogP contribution in [0.2, 0.25) is 0 Å². The van der Waals surface area contributed by atoms with Crippen LogP contribution in [-0.2, 0) is 6.18 Å². The first-order valence-corrected chi connectivity index (χ1v) is 8.13. The van der Waals surface area contributed by atoms with E-state index in [-0.39, 0.29) is 5.92 Å². The summed E-state index contributed by atoms with van der Waals surface area (Å²) in [7, 11) is 0. The van der Waals surface area contributed by atoms with E-state index < -0.39 is 17.8 Å². The highest BCUT2D eigenvalue weighted by Crippen LogP contribution is 2.34. The van der Waals surface area contributed by atoms with Gasteiger partial charge >= 0.3 is 6.18 Å². The van der Waals surface area contributed by atoms with Gasteiger partial charge in [-0.3, -0.25) is 0 Å². The Morgan fingerprint density at radius 2 is 1.54 bits per heavy atom. The van der Waals surface area contributed by atoms with Crippen LogP contribution in [-0.4, -0.2) is 15.1 Å². The zero-order valence-electron chi connectivity index (χ0n) is 13.1. The summed E-state index contributed by atoms with van der Waals surface area (Å²) in [5.41, 5.74) is 0.481. The molecular weight excluding hydrogens is 317 g/mol. The van der Waals surface area contributed by atoms with Crippen LogP contribution in [0.3, 0.4) is 0 Å². The van der Waals surface area contributed by atoms with Gasteiger partial charge in [-0.15, -0.1) is 0 Å². The van der Waals surface area contributed by atoms with Gasteiger partial charge in [-0.25, -0.2) is 9.97 Å². The Morgan fingerprint density at radius 1 is 0.958 bits per heavy atom. The molecule has 1 atom stereocenters. The predicted octanol–water partition coefficient (Wildman–Crippen LogP) is 4.78. The quantitative estimate of drug-likeness (QED) is 0.878. The normalized spacial score (nSPS) is 17.7. The molecule has 128 valence electrons. The zero-order chi connectivity index (χ0) is 17.2. The maximum absolute atomic E-state index is 12.6.